The Bertz CT molecular complexity index is 2160. The summed E-state index contributed by atoms with van der Waals surface area (Å²) in [5, 5.41) is 0. The van der Waals surface area contributed by atoms with Gasteiger partial charge in [-0.25, -0.2) is 0 Å². The van der Waals surface area contributed by atoms with Crippen LogP contribution in [0.4, 0.5) is 0 Å². The molecular formula is C48H46Cl2S2Zr. The smallest absolute Gasteiger partial charge is 1.00 e. The standard InChI is InChI=1S/2C24H23S.2ClH.Zr/c2*1-16-8-15-23(25-16)22-14-13-21-19(6-5-7-20(21)22)17-9-11-18(12-10-17)24(2,3)4;;;/h2*5-13,15,22H,1-4H3;2*1H;/q;;;;+2/p-2. The Morgan fingerprint density at radius 3 is 1.17 bits per heavy atom. The van der Waals surface area contributed by atoms with Gasteiger partial charge in [-0.05, 0) is 0 Å². The molecule has 2 heterocycles. The first-order valence-corrected chi connectivity index (χ1v) is 22.2. The van der Waals surface area contributed by atoms with Crippen molar-refractivity contribution < 1.29 is 48.0 Å². The summed E-state index contributed by atoms with van der Waals surface area (Å²) in [5.41, 5.74) is 14.2. The van der Waals surface area contributed by atoms with E-state index in [1.807, 2.05) is 22.7 Å². The number of allylic oxidation sites excluding steroid dienone is 2. The summed E-state index contributed by atoms with van der Waals surface area (Å²) in [6, 6.07) is 42.2. The molecule has 0 aliphatic heterocycles. The molecule has 0 nitrogen and oxygen atoms in total. The molecule has 0 fully saturated rings. The van der Waals surface area contributed by atoms with Crippen LogP contribution in [0.25, 0.3) is 34.4 Å². The summed E-state index contributed by atoms with van der Waals surface area (Å²) in [6.45, 7) is 18.3. The Morgan fingerprint density at radius 2 is 0.849 bits per heavy atom. The van der Waals surface area contributed by atoms with Crippen molar-refractivity contribution in [2.24, 2.45) is 0 Å². The minimum absolute atomic E-state index is 0. The van der Waals surface area contributed by atoms with Crippen LogP contribution in [0.3, 0.4) is 0 Å². The van der Waals surface area contributed by atoms with Gasteiger partial charge in [0.25, 0.3) is 0 Å². The molecule has 0 amide bonds. The molecule has 2 atom stereocenters. The first-order valence-electron chi connectivity index (χ1n) is 18.2. The van der Waals surface area contributed by atoms with Crippen LogP contribution in [-0.4, -0.2) is 0 Å². The van der Waals surface area contributed by atoms with Crippen molar-refractivity contribution in [3.05, 3.63) is 169 Å². The molecular weight excluding hydrogens is 803 g/mol. The first-order chi connectivity index (χ1) is 24.3. The van der Waals surface area contributed by atoms with Crippen LogP contribution in [0.5, 0.6) is 0 Å². The number of rotatable bonds is 6. The van der Waals surface area contributed by atoms with Crippen molar-refractivity contribution in [2.45, 2.75) is 78.1 Å². The molecule has 0 saturated heterocycles. The molecule has 0 radical (unpaired) electrons. The fourth-order valence-corrected chi connectivity index (χ4v) is 14.5. The number of thiophene rings is 2. The quantitative estimate of drug-likeness (QED) is 0.159. The van der Waals surface area contributed by atoms with Gasteiger partial charge in [0.05, 0.1) is 0 Å². The fourth-order valence-electron chi connectivity index (χ4n) is 7.82. The monoisotopic (exact) mass is 846 g/mol. The minimum atomic E-state index is -1.23. The van der Waals surface area contributed by atoms with Crippen LogP contribution in [0.2, 0.25) is 0 Å². The number of hydrogen-bond donors (Lipinski definition) is 0. The number of fused-ring (bicyclic) bond motifs is 2. The van der Waals surface area contributed by atoms with E-state index in [0.717, 1.165) is 0 Å². The molecule has 268 valence electrons. The summed E-state index contributed by atoms with van der Waals surface area (Å²) in [4.78, 5) is 5.74. The minimum Gasteiger partial charge on any atom is -1.00 e. The van der Waals surface area contributed by atoms with Gasteiger partial charge in [-0.15, -0.1) is 0 Å². The van der Waals surface area contributed by atoms with Crippen molar-refractivity contribution in [1.29, 1.82) is 0 Å². The van der Waals surface area contributed by atoms with Crippen molar-refractivity contribution in [3.63, 3.8) is 0 Å². The normalized spacial score (nSPS) is 16.2. The maximum Gasteiger partial charge on any atom is -1.00 e. The summed E-state index contributed by atoms with van der Waals surface area (Å²) in [5.74, 6) is 0.665. The molecule has 2 aliphatic rings. The maximum absolute atomic E-state index is 2.63. The van der Waals surface area contributed by atoms with E-state index in [4.69, 9.17) is 0 Å². The van der Waals surface area contributed by atoms with Crippen LogP contribution < -0.4 is 24.8 Å². The Morgan fingerprint density at radius 1 is 0.472 bits per heavy atom. The molecule has 0 N–H and O–H groups in total. The Hall–Kier alpha value is -2.78. The Balaban J connectivity index is 0.00000240. The van der Waals surface area contributed by atoms with Gasteiger partial charge < -0.3 is 24.8 Å². The molecule has 0 saturated carbocycles. The zero-order valence-electron chi connectivity index (χ0n) is 31.8. The van der Waals surface area contributed by atoms with Gasteiger partial charge in [-0.2, -0.15) is 0 Å². The summed E-state index contributed by atoms with van der Waals surface area (Å²) >= 11 is 2.72. The van der Waals surface area contributed by atoms with Crippen molar-refractivity contribution >= 4 is 34.8 Å². The van der Waals surface area contributed by atoms with Gasteiger partial charge in [0.1, 0.15) is 0 Å². The van der Waals surface area contributed by atoms with E-state index in [-0.39, 0.29) is 35.6 Å². The SMILES string of the molecule is Cc1ccc(C2[C]([Zr+2][C]3=Cc4c(-c5ccc(C(C)(C)C)cc5)cccc4C3c3ccc(C)s3)=Cc3c(-c4ccc(C(C)(C)C)cc4)cccc32)s1.[Cl-].[Cl-]. The second kappa shape index (κ2) is 15.4. The molecule has 6 aromatic rings. The van der Waals surface area contributed by atoms with Gasteiger partial charge in [0.2, 0.25) is 0 Å². The van der Waals surface area contributed by atoms with Gasteiger partial charge in [0, 0.05) is 0 Å². The summed E-state index contributed by atoms with van der Waals surface area (Å²) < 4.78 is 3.34. The van der Waals surface area contributed by atoms with Crippen LogP contribution in [0, 0.1) is 13.8 Å². The Kier molecular flexibility index (Phi) is 11.6. The fraction of sp³-hybridized carbons (Fsp3) is 0.250. The van der Waals surface area contributed by atoms with Gasteiger partial charge in [-0.3, -0.25) is 0 Å². The van der Waals surface area contributed by atoms with E-state index >= 15 is 0 Å². The summed E-state index contributed by atoms with van der Waals surface area (Å²) in [6.07, 6.45) is 5.25. The van der Waals surface area contributed by atoms with E-state index in [9.17, 15) is 0 Å². The van der Waals surface area contributed by atoms with Gasteiger partial charge in [-0.1, -0.05) is 0 Å². The van der Waals surface area contributed by atoms with Crippen LogP contribution >= 0.6 is 22.7 Å². The van der Waals surface area contributed by atoms with E-state index in [1.165, 1.54) is 75.1 Å². The molecule has 0 bridgehead atoms. The average molecular weight is 849 g/mol. The van der Waals surface area contributed by atoms with Crippen molar-refractivity contribution in [2.75, 3.05) is 0 Å². The zero-order chi connectivity index (χ0) is 35.7. The van der Waals surface area contributed by atoms with E-state index < -0.39 is 23.2 Å². The number of benzene rings is 4. The third-order valence-electron chi connectivity index (χ3n) is 10.6. The number of halogens is 2. The third-order valence-corrected chi connectivity index (χ3v) is 16.3. The van der Waals surface area contributed by atoms with Crippen LogP contribution in [-0.2, 0) is 34.1 Å². The van der Waals surface area contributed by atoms with Crippen molar-refractivity contribution in [1.82, 2.24) is 0 Å². The number of aryl methyl sites for hydroxylation is 2. The van der Waals surface area contributed by atoms with Crippen LogP contribution in [0.1, 0.15) is 106 Å². The molecule has 2 aromatic heterocycles. The first kappa shape index (κ1) is 39.9. The Labute approximate surface area is 348 Å². The largest absolute Gasteiger partial charge is 1.00 e. The van der Waals surface area contributed by atoms with Gasteiger partial charge in [0.15, 0.2) is 0 Å². The maximum atomic E-state index is 2.63. The second-order valence-electron chi connectivity index (χ2n) is 16.4. The zero-order valence-corrected chi connectivity index (χ0v) is 37.4. The molecule has 4 aromatic carbocycles. The molecule has 2 aliphatic carbocycles. The molecule has 8 rings (SSSR count). The molecule has 5 heteroatoms. The van der Waals surface area contributed by atoms with E-state index in [1.54, 1.807) is 6.56 Å². The van der Waals surface area contributed by atoms with Crippen molar-refractivity contribution in [3.8, 4) is 22.3 Å². The molecule has 2 unspecified atom stereocenters. The predicted molar refractivity (Wildman–Crippen MR) is 219 cm³/mol. The molecule has 53 heavy (non-hydrogen) atoms. The molecule has 0 spiro atoms. The third kappa shape index (κ3) is 7.72. The van der Waals surface area contributed by atoms with E-state index in [0.29, 0.717) is 11.8 Å². The summed E-state index contributed by atoms with van der Waals surface area (Å²) in [7, 11) is 0. The van der Waals surface area contributed by atoms with Gasteiger partial charge >= 0.3 is 327 Å². The van der Waals surface area contributed by atoms with Crippen LogP contribution in [0.15, 0.2) is 116 Å². The number of hydrogen-bond acceptors (Lipinski definition) is 2. The van der Waals surface area contributed by atoms with E-state index in [2.05, 4.69) is 177 Å². The predicted octanol–water partition coefficient (Wildman–Crippen LogP) is 8.12. The second-order valence-corrected chi connectivity index (χ2v) is 22.5. The average Bonchev–Trinajstić information content (AvgIpc) is 3.88. The topological polar surface area (TPSA) is 0 Å².